The van der Waals surface area contributed by atoms with Gasteiger partial charge in [-0.15, -0.1) is 0 Å². The number of carbonyl (C=O) groups excluding carboxylic acids is 3. The first kappa shape index (κ1) is 57.8. The smallest absolute Gasteiger partial charge is 0.393 e. The number of nitrogens with two attached hydrogens (primary N) is 1. The summed E-state index contributed by atoms with van der Waals surface area (Å²) in [6.07, 6.45) is 5.57. The summed E-state index contributed by atoms with van der Waals surface area (Å²) >= 11 is 1.11. The van der Waals surface area contributed by atoms with E-state index in [1.165, 1.54) is 46.0 Å². The van der Waals surface area contributed by atoms with E-state index in [2.05, 4.69) is 41.3 Å². The SMILES string of the molecule is CCCCCCCCCC(O)CCCCCC(=O)SCCNC(=O)CCNC(=O)C(O)C(C)(C)COP(=O)(O)OP(=O)(O)OCC1OC(n2cnc3c(N)ncnc32)C(O)C1OP(=O)(O)O. The number of nitrogen functional groups attached to an aromatic ring is 1. The van der Waals surface area contributed by atoms with Gasteiger partial charge in [0.1, 0.15) is 36.3 Å². The number of nitrogens with one attached hydrogen (secondary N) is 2. The van der Waals surface area contributed by atoms with Gasteiger partial charge in [0, 0.05) is 37.1 Å². The third-order valence-corrected chi connectivity index (χ3v) is 14.4. The van der Waals surface area contributed by atoms with Crippen LogP contribution in [0.15, 0.2) is 12.7 Å². The van der Waals surface area contributed by atoms with Crippen molar-refractivity contribution in [2.45, 2.75) is 147 Å². The van der Waals surface area contributed by atoms with E-state index >= 15 is 0 Å². The molecule has 2 amide bonds. The van der Waals surface area contributed by atoms with E-state index in [0.29, 0.717) is 12.2 Å². The zero-order valence-corrected chi connectivity index (χ0v) is 40.8. The summed E-state index contributed by atoms with van der Waals surface area (Å²) in [5.41, 5.74) is 4.27. The number of thioether (sulfide) groups is 1. The number of carbonyl (C=O) groups is 3. The molecule has 0 aliphatic carbocycles. The summed E-state index contributed by atoms with van der Waals surface area (Å²) in [5, 5.41) is 36.7. The van der Waals surface area contributed by atoms with Crippen molar-refractivity contribution >= 4 is 69.1 Å². The Morgan fingerprint density at radius 2 is 1.53 bits per heavy atom. The highest BCUT2D eigenvalue weighted by Gasteiger charge is 2.50. The van der Waals surface area contributed by atoms with Crippen LogP contribution in [0.3, 0.4) is 0 Å². The lowest BCUT2D eigenvalue weighted by molar-refractivity contribution is -0.137. The van der Waals surface area contributed by atoms with Gasteiger partial charge in [0.25, 0.3) is 0 Å². The average Bonchev–Trinajstić information content (AvgIpc) is 3.80. The Kier molecular flexibility index (Phi) is 24.2. The molecule has 11 N–H and O–H groups in total. The van der Waals surface area contributed by atoms with Crippen LogP contribution in [0.2, 0.25) is 0 Å². The Hall–Kier alpha value is -2.48. The van der Waals surface area contributed by atoms with Gasteiger partial charge >= 0.3 is 23.5 Å². The summed E-state index contributed by atoms with van der Waals surface area (Å²) in [5.74, 6) is -1.10. The van der Waals surface area contributed by atoms with E-state index in [4.69, 9.17) is 19.5 Å². The molecule has 2 aromatic rings. The van der Waals surface area contributed by atoms with Crippen molar-refractivity contribution in [2.24, 2.45) is 5.41 Å². The summed E-state index contributed by atoms with van der Waals surface area (Å²) < 4.78 is 62.4. The lowest BCUT2D eigenvalue weighted by Gasteiger charge is -2.30. The molecule has 2 aromatic heterocycles. The number of phosphoric ester groups is 3. The number of anilines is 1. The molecule has 1 aliphatic rings. The summed E-state index contributed by atoms with van der Waals surface area (Å²) in [7, 11) is -16.4. The van der Waals surface area contributed by atoms with Crippen LogP contribution in [0.25, 0.3) is 11.2 Å². The maximum absolute atomic E-state index is 12.7. The summed E-state index contributed by atoms with van der Waals surface area (Å²) in [6.45, 7) is 2.69. The van der Waals surface area contributed by atoms with Gasteiger partial charge in [-0.3, -0.25) is 32.5 Å². The monoisotopic (exact) mass is 1020 g/mol. The highest BCUT2D eigenvalue weighted by atomic mass is 32.2. The highest BCUT2D eigenvalue weighted by molar-refractivity contribution is 8.13. The van der Waals surface area contributed by atoms with Gasteiger partial charge in [0.05, 0.1) is 25.6 Å². The first-order valence-electron chi connectivity index (χ1n) is 21.7. The fourth-order valence-electron chi connectivity index (χ4n) is 6.67. The first-order valence-corrected chi connectivity index (χ1v) is 27.2. The highest BCUT2D eigenvalue weighted by Crippen LogP contribution is 2.61. The third-order valence-electron chi connectivity index (χ3n) is 10.3. The van der Waals surface area contributed by atoms with Crippen LogP contribution in [-0.4, -0.2) is 134 Å². The zero-order valence-electron chi connectivity index (χ0n) is 37.3. The molecule has 25 nitrogen and oxygen atoms in total. The normalized spacial score (nSPS) is 20.7. The van der Waals surface area contributed by atoms with Gasteiger partial charge < -0.3 is 56.0 Å². The molecule has 66 heavy (non-hydrogen) atoms. The molecular formula is C37H66N7O18P3S. The molecule has 0 saturated carbocycles. The van der Waals surface area contributed by atoms with Crippen LogP contribution in [0.5, 0.6) is 0 Å². The van der Waals surface area contributed by atoms with Crippen molar-refractivity contribution in [3.8, 4) is 0 Å². The predicted molar refractivity (Wildman–Crippen MR) is 239 cm³/mol. The number of fused-ring (bicyclic) bond motifs is 1. The largest absolute Gasteiger partial charge is 0.481 e. The van der Waals surface area contributed by atoms with Gasteiger partial charge in [0.2, 0.25) is 11.8 Å². The van der Waals surface area contributed by atoms with Crippen LogP contribution in [-0.2, 0) is 50.7 Å². The van der Waals surface area contributed by atoms with Crippen molar-refractivity contribution in [3.63, 3.8) is 0 Å². The van der Waals surface area contributed by atoms with Crippen LogP contribution < -0.4 is 16.4 Å². The second kappa shape index (κ2) is 27.6. The minimum atomic E-state index is -5.58. The number of aliphatic hydroxyl groups is 3. The van der Waals surface area contributed by atoms with Crippen LogP contribution >= 0.6 is 35.2 Å². The second-order valence-electron chi connectivity index (χ2n) is 16.5. The Bertz CT molecular complexity index is 2000. The molecule has 1 saturated heterocycles. The molecule has 8 atom stereocenters. The standard InChI is InChI=1S/C37H66N7O18P3S/c1-4-5-6-7-8-9-11-14-25(45)15-12-10-13-16-28(47)66-20-19-39-27(46)17-18-40-35(50)32(49)37(2,3)22-59-65(56,57)62-64(54,55)58-21-26-31(61-63(51,52)53)30(48)36(60-26)44-24-43-29-33(38)41-23-42-34(29)44/h23-26,30-32,36,45,48-49H,4-22H2,1-3H3,(H,39,46)(H,40,50)(H,54,55)(H,56,57)(H2,38,41,42)(H2,51,52,53). The van der Waals surface area contributed by atoms with Gasteiger partial charge in [-0.05, 0) is 19.3 Å². The lowest BCUT2D eigenvalue weighted by Crippen LogP contribution is -2.46. The Balaban J connectivity index is 1.33. The van der Waals surface area contributed by atoms with Gasteiger partial charge in [-0.1, -0.05) is 90.3 Å². The summed E-state index contributed by atoms with van der Waals surface area (Å²) in [6, 6.07) is 0. The first-order chi connectivity index (χ1) is 30.9. The van der Waals surface area contributed by atoms with Gasteiger partial charge in [-0.25, -0.2) is 28.6 Å². The molecule has 0 spiro atoms. The maximum Gasteiger partial charge on any atom is 0.481 e. The predicted octanol–water partition coefficient (Wildman–Crippen LogP) is 3.12. The number of aromatic nitrogens is 4. The average molecular weight is 1020 g/mol. The molecule has 0 aromatic carbocycles. The molecule has 1 fully saturated rings. The van der Waals surface area contributed by atoms with Gasteiger partial charge in [0.15, 0.2) is 22.8 Å². The third kappa shape index (κ3) is 20.6. The van der Waals surface area contributed by atoms with Crippen LogP contribution in [0, 0.1) is 5.41 Å². The van der Waals surface area contributed by atoms with Crippen LogP contribution in [0.4, 0.5) is 5.82 Å². The molecule has 29 heteroatoms. The number of aliphatic hydroxyl groups excluding tert-OH is 3. The molecule has 3 heterocycles. The topological polar surface area (TPSA) is 384 Å². The number of hydrogen-bond acceptors (Lipinski definition) is 19. The number of rotatable bonds is 33. The Morgan fingerprint density at radius 3 is 2.20 bits per heavy atom. The van der Waals surface area contributed by atoms with E-state index in [0.717, 1.165) is 73.9 Å². The van der Waals surface area contributed by atoms with E-state index in [1.54, 1.807) is 0 Å². The zero-order chi connectivity index (χ0) is 49.1. The minimum Gasteiger partial charge on any atom is -0.393 e. The minimum absolute atomic E-state index is 0.00445. The molecule has 0 bridgehead atoms. The van der Waals surface area contributed by atoms with Crippen molar-refractivity contribution < 1.29 is 85.6 Å². The number of ether oxygens (including phenoxy) is 1. The number of hydrogen-bond donors (Lipinski definition) is 10. The Labute approximate surface area is 387 Å². The molecule has 1 aliphatic heterocycles. The summed E-state index contributed by atoms with van der Waals surface area (Å²) in [4.78, 5) is 88.3. The molecule has 3 rings (SSSR count). The van der Waals surface area contributed by atoms with Crippen LogP contribution in [0.1, 0.15) is 117 Å². The molecule has 378 valence electrons. The van der Waals surface area contributed by atoms with Gasteiger partial charge in [-0.2, -0.15) is 4.31 Å². The number of unbranched alkanes of at least 4 members (excludes halogenated alkanes) is 8. The Morgan fingerprint density at radius 1 is 0.894 bits per heavy atom. The van der Waals surface area contributed by atoms with Crippen molar-refractivity contribution in [1.29, 1.82) is 0 Å². The van der Waals surface area contributed by atoms with E-state index in [1.807, 2.05) is 0 Å². The second-order valence-corrected chi connectivity index (χ2v) is 21.8. The van der Waals surface area contributed by atoms with Crippen molar-refractivity contribution in [3.05, 3.63) is 12.7 Å². The van der Waals surface area contributed by atoms with Crippen molar-refractivity contribution in [2.75, 3.05) is 37.8 Å². The molecule has 0 radical (unpaired) electrons. The van der Waals surface area contributed by atoms with E-state index in [9.17, 15) is 63.0 Å². The number of phosphoric acid groups is 3. The van der Waals surface area contributed by atoms with E-state index < -0.39 is 84.6 Å². The molecular weight excluding hydrogens is 955 g/mol. The lowest BCUT2D eigenvalue weighted by atomic mass is 9.87. The molecule has 8 unspecified atom stereocenters. The number of imidazole rings is 1. The fraction of sp³-hybridized carbons (Fsp3) is 0.784. The maximum atomic E-state index is 12.7. The van der Waals surface area contributed by atoms with Crippen molar-refractivity contribution in [1.82, 2.24) is 30.2 Å². The fourth-order valence-corrected chi connectivity index (χ4v) is 10.2. The number of nitrogens with zero attached hydrogens (tertiary/aromatic N) is 4. The quantitative estimate of drug-likeness (QED) is 0.0362. The number of amides is 2. The van der Waals surface area contributed by atoms with E-state index in [-0.39, 0.29) is 47.7 Å².